The molecule has 3 fully saturated rings. The summed E-state index contributed by atoms with van der Waals surface area (Å²) < 4.78 is 33.5. The van der Waals surface area contributed by atoms with Crippen molar-refractivity contribution < 1.29 is 28.5 Å². The van der Waals surface area contributed by atoms with Gasteiger partial charge in [-0.25, -0.2) is 4.98 Å². The van der Waals surface area contributed by atoms with Gasteiger partial charge in [-0.1, -0.05) is 35.7 Å². The molecule has 1 amide bonds. The van der Waals surface area contributed by atoms with Gasteiger partial charge in [0.15, 0.2) is 4.90 Å². The Morgan fingerprint density at radius 2 is 1.87 bits per heavy atom. The molecule has 16 heteroatoms. The monoisotopic (exact) mass is 865 g/mol. The minimum absolute atomic E-state index is 0.0636. The third kappa shape index (κ3) is 9.37. The van der Waals surface area contributed by atoms with Crippen molar-refractivity contribution in [2.24, 2.45) is 5.41 Å². The van der Waals surface area contributed by atoms with Gasteiger partial charge >= 0.3 is 0 Å². The summed E-state index contributed by atoms with van der Waals surface area (Å²) in [5, 5.41) is 16.7. The number of carbonyl (C=O) groups excluding carboxylic acids is 1. The van der Waals surface area contributed by atoms with Crippen molar-refractivity contribution in [1.29, 1.82) is 0 Å². The van der Waals surface area contributed by atoms with Gasteiger partial charge in [0.2, 0.25) is 0 Å². The van der Waals surface area contributed by atoms with Crippen LogP contribution in [0.3, 0.4) is 0 Å². The van der Waals surface area contributed by atoms with E-state index in [-0.39, 0.29) is 33.7 Å². The number of anilines is 2. The third-order valence-electron chi connectivity index (χ3n) is 12.5. The molecular weight excluding hydrogens is 818 g/mol. The van der Waals surface area contributed by atoms with Crippen LogP contribution in [0.1, 0.15) is 54.4 Å². The number of carbonyl (C=O) groups is 1. The van der Waals surface area contributed by atoms with Crippen LogP contribution in [0.4, 0.5) is 17.1 Å². The molecule has 4 aliphatic rings. The normalized spacial score (nSPS) is 19.7. The molecule has 9 rings (SSSR count). The first-order chi connectivity index (χ1) is 29.7. The van der Waals surface area contributed by atoms with Crippen LogP contribution < -0.4 is 19.7 Å². The van der Waals surface area contributed by atoms with Gasteiger partial charge in [-0.2, -0.15) is 4.72 Å². The third-order valence-corrected chi connectivity index (χ3v) is 13.8. The van der Waals surface area contributed by atoms with E-state index >= 15 is 0 Å². The summed E-state index contributed by atoms with van der Waals surface area (Å²) in [6.45, 7) is 5.88. The molecule has 61 heavy (non-hydrogen) atoms. The maximum atomic E-state index is 13.9. The molecule has 0 radical (unpaired) electrons. The number of benzene rings is 3. The number of nitrogens with zero attached hydrogens (tertiary/aromatic N) is 4. The summed E-state index contributed by atoms with van der Waals surface area (Å²) in [6.07, 6.45) is 10.6. The van der Waals surface area contributed by atoms with Crippen LogP contribution in [-0.2, 0) is 20.8 Å². The molecule has 2 aliphatic carbocycles. The van der Waals surface area contributed by atoms with Crippen molar-refractivity contribution in [1.82, 2.24) is 19.6 Å². The molecule has 2 aromatic heterocycles. The van der Waals surface area contributed by atoms with E-state index in [4.69, 9.17) is 25.8 Å². The van der Waals surface area contributed by atoms with Gasteiger partial charge in [-0.3, -0.25) is 19.8 Å². The summed E-state index contributed by atoms with van der Waals surface area (Å²) in [4.78, 5) is 37.8. The Hall–Kier alpha value is -5.16. The molecule has 3 aromatic carbocycles. The highest BCUT2D eigenvalue weighted by molar-refractivity contribution is 7.90. The second-order valence-electron chi connectivity index (χ2n) is 16.3. The van der Waals surface area contributed by atoms with Crippen molar-refractivity contribution in [3.05, 3.63) is 117 Å². The second kappa shape index (κ2) is 18.1. The Morgan fingerprint density at radius 1 is 1.03 bits per heavy atom. The summed E-state index contributed by atoms with van der Waals surface area (Å²) in [5.74, 6) is 0.0186. The summed E-state index contributed by atoms with van der Waals surface area (Å²) in [6, 6.07) is 21.6. The van der Waals surface area contributed by atoms with E-state index in [0.29, 0.717) is 43.2 Å². The minimum atomic E-state index is -2.13. The quantitative estimate of drug-likeness (QED) is 0.0594. The highest BCUT2D eigenvalue weighted by Gasteiger charge is 2.41. The molecule has 2 aliphatic heterocycles. The van der Waals surface area contributed by atoms with E-state index in [2.05, 4.69) is 41.9 Å². The molecule has 2 unspecified atom stereocenters. The van der Waals surface area contributed by atoms with Crippen molar-refractivity contribution in [2.75, 3.05) is 69.3 Å². The number of aromatic nitrogens is 2. The first-order valence-electron chi connectivity index (χ1n) is 20.8. The van der Waals surface area contributed by atoms with Gasteiger partial charge < -0.3 is 34.0 Å². The molecule has 0 bridgehead atoms. The van der Waals surface area contributed by atoms with Crippen LogP contribution in [0, 0.1) is 15.5 Å². The molecule has 2 saturated heterocycles. The molecule has 2 atom stereocenters. The van der Waals surface area contributed by atoms with E-state index in [1.165, 1.54) is 60.6 Å². The number of rotatable bonds is 13. The van der Waals surface area contributed by atoms with Gasteiger partial charge in [0.05, 0.1) is 48.7 Å². The lowest BCUT2D eigenvalue weighted by atomic mass is 9.59. The van der Waals surface area contributed by atoms with Crippen LogP contribution in [0.25, 0.3) is 16.6 Å². The van der Waals surface area contributed by atoms with Crippen molar-refractivity contribution in [2.45, 2.75) is 49.5 Å². The molecule has 4 heterocycles. The highest BCUT2D eigenvalue weighted by Crippen LogP contribution is 2.55. The maximum Gasteiger partial charge on any atom is 0.297 e. The zero-order chi connectivity index (χ0) is 41.9. The number of amides is 1. The lowest BCUT2D eigenvalue weighted by Gasteiger charge is -2.47. The van der Waals surface area contributed by atoms with Crippen molar-refractivity contribution in [3.63, 3.8) is 0 Å². The van der Waals surface area contributed by atoms with Gasteiger partial charge in [0.25, 0.3) is 11.6 Å². The summed E-state index contributed by atoms with van der Waals surface area (Å²) in [7, 11) is 0. The number of aromatic amines is 1. The fourth-order valence-corrected chi connectivity index (χ4v) is 9.84. The predicted octanol–water partition coefficient (Wildman–Crippen LogP) is 8.13. The van der Waals surface area contributed by atoms with E-state index < -0.39 is 22.2 Å². The van der Waals surface area contributed by atoms with Gasteiger partial charge in [0.1, 0.15) is 34.2 Å². The lowest BCUT2D eigenvalue weighted by molar-refractivity contribution is -0.384. The number of nitro groups is 1. The number of piperazine rings is 1. The number of pyridine rings is 1. The first-order valence-corrected chi connectivity index (χ1v) is 22.4. The van der Waals surface area contributed by atoms with Crippen LogP contribution in [0.15, 0.2) is 95.7 Å². The van der Waals surface area contributed by atoms with Crippen LogP contribution >= 0.6 is 11.6 Å². The smallest absolute Gasteiger partial charge is 0.297 e. The minimum Gasteiger partial charge on any atom is -0.588 e. The van der Waals surface area contributed by atoms with Crippen molar-refractivity contribution >= 4 is 62.5 Å². The van der Waals surface area contributed by atoms with Gasteiger partial charge in [-0.15, -0.1) is 0 Å². The van der Waals surface area contributed by atoms with E-state index in [0.717, 1.165) is 61.7 Å². The molecule has 1 saturated carbocycles. The highest BCUT2D eigenvalue weighted by atomic mass is 35.5. The van der Waals surface area contributed by atoms with E-state index in [1.54, 1.807) is 18.5 Å². The fraction of sp³-hybridized carbons (Fsp3) is 0.378. The average Bonchev–Trinajstić information content (AvgIpc) is 3.74. The zero-order valence-corrected chi connectivity index (χ0v) is 35.3. The second-order valence-corrected chi connectivity index (χ2v) is 18.0. The molecule has 3 N–H and O–H groups in total. The maximum absolute atomic E-state index is 13.9. The summed E-state index contributed by atoms with van der Waals surface area (Å²) in [5.41, 5.74) is 6.48. The van der Waals surface area contributed by atoms with Crippen LogP contribution in [-0.4, -0.2) is 95.4 Å². The molecule has 14 nitrogen and oxygen atoms in total. The van der Waals surface area contributed by atoms with Crippen LogP contribution in [0.2, 0.25) is 5.02 Å². The standard InChI is InChI=1S/C45H48ClN7O7S/c46-33-4-2-30(3-5-33)39-25-45(12-1-13-45)14-10-32(39)28-51-16-18-52(19-17-51)34-6-8-38(42(23-34)60-35-22-31-11-15-47-43(31)49-26-35)44(54)50-61(57)37-7-9-40(41(24-37)53(55)56)48-27-36-29-58-20-21-59-36/h2-9,11,15,22-24,26,36,48H,1,10,12-14,16-21,25,27-29H2,(H,47,49)(H,50,54). The Balaban J connectivity index is 0.908. The SMILES string of the molecule is O=C(N[S+]([O-])c1ccc(NCC2COCCO2)c([N+](=O)[O-])c1)c1ccc(N2CCN(CC3=C(c4ccc(Cl)cc4)CC4(CCC4)CC3)CC2)cc1Oc1cnc2[nH]ccc2c1. The Bertz CT molecular complexity index is 2430. The number of halogens is 1. The van der Waals surface area contributed by atoms with Gasteiger partial charge in [0, 0.05) is 67.6 Å². The number of hydrogen-bond donors (Lipinski definition) is 3. The Labute approximate surface area is 362 Å². The number of fused-ring (bicyclic) bond motifs is 1. The predicted molar refractivity (Wildman–Crippen MR) is 236 cm³/mol. The number of H-pyrrole nitrogens is 1. The number of hydrogen-bond acceptors (Lipinski definition) is 11. The van der Waals surface area contributed by atoms with Crippen LogP contribution in [0.5, 0.6) is 11.5 Å². The zero-order valence-electron chi connectivity index (χ0n) is 33.7. The van der Waals surface area contributed by atoms with Gasteiger partial charge in [-0.05, 0) is 97.2 Å². The Morgan fingerprint density at radius 3 is 2.62 bits per heavy atom. The lowest BCUT2D eigenvalue weighted by Crippen LogP contribution is -2.47. The largest absolute Gasteiger partial charge is 0.588 e. The first kappa shape index (κ1) is 41.2. The topological polar surface area (TPSA) is 170 Å². The fourth-order valence-electron chi connectivity index (χ4n) is 8.91. The van der Waals surface area contributed by atoms with E-state index in [1.807, 2.05) is 36.4 Å². The summed E-state index contributed by atoms with van der Waals surface area (Å²) >= 11 is 4.15. The molecule has 318 valence electrons. The number of allylic oxidation sites excluding steroid dienone is 1. The molecule has 5 aromatic rings. The average molecular weight is 866 g/mol. The van der Waals surface area contributed by atoms with E-state index in [9.17, 15) is 19.5 Å². The number of nitrogens with one attached hydrogen (secondary N) is 3. The molecular formula is C45H48ClN7O7S. The number of nitro benzene ring substituents is 1. The molecule has 1 spiro atoms. The Kier molecular flexibility index (Phi) is 12.2. The van der Waals surface area contributed by atoms with Crippen molar-refractivity contribution in [3.8, 4) is 11.5 Å². The number of ether oxygens (including phenoxy) is 3.